The molecule has 164 valence electrons. The average Bonchev–Trinajstić information content (AvgIpc) is 2.76. The largest absolute Gasteiger partial charge is 0.371 e. The lowest BCUT2D eigenvalue weighted by molar-refractivity contribution is 0.397. The van der Waals surface area contributed by atoms with Gasteiger partial charge in [-0.3, -0.25) is 9.98 Å². The van der Waals surface area contributed by atoms with Gasteiger partial charge in [0.05, 0.1) is 0 Å². The number of hydrogen-bond acceptors (Lipinski definition) is 3. The highest BCUT2D eigenvalue weighted by Gasteiger charge is 2.23. The Bertz CT molecular complexity index is 957. The minimum Gasteiger partial charge on any atom is -0.371 e. The molecule has 2 aromatic rings. The molecule has 3 rings (SSSR count). The van der Waals surface area contributed by atoms with Crippen molar-refractivity contribution in [2.24, 2.45) is 10.9 Å². The molecular formula is C26H31F2N3. The predicted molar refractivity (Wildman–Crippen MR) is 126 cm³/mol. The monoisotopic (exact) mass is 423 g/mol. The Hall–Kier alpha value is -2.82. The number of nitrogens with zero attached hydrogens (tertiary/aromatic N) is 3. The molecule has 0 saturated carbocycles. The maximum atomic E-state index is 14.1. The fourth-order valence-electron chi connectivity index (χ4n) is 4.23. The molecule has 1 aromatic carbocycles. The van der Waals surface area contributed by atoms with E-state index in [1.807, 2.05) is 19.2 Å². The zero-order valence-electron chi connectivity index (χ0n) is 18.5. The van der Waals surface area contributed by atoms with Gasteiger partial charge in [0.25, 0.3) is 0 Å². The molecule has 1 fully saturated rings. The number of anilines is 1. The normalized spacial score (nSPS) is 15.6. The van der Waals surface area contributed by atoms with Gasteiger partial charge in [-0.2, -0.15) is 0 Å². The van der Waals surface area contributed by atoms with Crippen molar-refractivity contribution in [3.05, 3.63) is 77.3 Å². The predicted octanol–water partition coefficient (Wildman–Crippen LogP) is 6.53. The molecule has 3 nitrogen and oxygen atoms in total. The van der Waals surface area contributed by atoms with Crippen molar-refractivity contribution in [2.75, 3.05) is 18.0 Å². The molecule has 0 unspecified atom stereocenters. The van der Waals surface area contributed by atoms with Crippen LogP contribution in [0.4, 0.5) is 14.5 Å². The van der Waals surface area contributed by atoms with Gasteiger partial charge >= 0.3 is 0 Å². The fraction of sp³-hybridized carbons (Fsp3) is 0.385. The highest BCUT2D eigenvalue weighted by atomic mass is 19.1. The molecule has 0 spiro atoms. The molecule has 1 aliphatic rings. The highest BCUT2D eigenvalue weighted by molar-refractivity contribution is 5.77. The Balaban J connectivity index is 1.76. The second-order valence-electron chi connectivity index (χ2n) is 8.18. The van der Waals surface area contributed by atoms with E-state index in [0.717, 1.165) is 56.1 Å². The summed E-state index contributed by atoms with van der Waals surface area (Å²) in [6.07, 6.45) is 12.3. The molecule has 0 aliphatic carbocycles. The standard InChI is InChI=1S/C26H31F2N3/c1-4-6-21(7-5-12-29-3)24-18-30-19(2)15-26(24)31-13-10-20(11-14-31)16-22-8-9-23(27)17-25(22)28/h5,7-9,12,15,17-18,20H,3-4,6,10-11,13-14,16H2,1-2H3/b12-5-,21-7+. The van der Waals surface area contributed by atoms with Gasteiger partial charge in [0.15, 0.2) is 0 Å². The highest BCUT2D eigenvalue weighted by Crippen LogP contribution is 2.33. The Labute approximate surface area is 184 Å². The van der Waals surface area contributed by atoms with Crippen LogP contribution in [0.3, 0.4) is 0 Å². The van der Waals surface area contributed by atoms with E-state index < -0.39 is 11.6 Å². The van der Waals surface area contributed by atoms with Crippen molar-refractivity contribution in [3.8, 4) is 0 Å². The van der Waals surface area contributed by atoms with E-state index >= 15 is 0 Å². The van der Waals surface area contributed by atoms with Crippen LogP contribution in [0, 0.1) is 24.5 Å². The van der Waals surface area contributed by atoms with Crippen molar-refractivity contribution >= 4 is 18.0 Å². The summed E-state index contributed by atoms with van der Waals surface area (Å²) in [5.41, 5.74) is 5.20. The topological polar surface area (TPSA) is 28.5 Å². The van der Waals surface area contributed by atoms with E-state index in [1.54, 1.807) is 12.3 Å². The molecule has 0 N–H and O–H groups in total. The molecule has 0 atom stereocenters. The zero-order chi connectivity index (χ0) is 22.2. The first-order valence-corrected chi connectivity index (χ1v) is 11.0. The number of halogens is 2. The summed E-state index contributed by atoms with van der Waals surface area (Å²) in [5.74, 6) is -0.563. The van der Waals surface area contributed by atoms with E-state index in [0.29, 0.717) is 17.9 Å². The number of pyridine rings is 1. The van der Waals surface area contributed by atoms with Crippen LogP contribution in [0.25, 0.3) is 5.57 Å². The smallest absolute Gasteiger partial charge is 0.129 e. The summed E-state index contributed by atoms with van der Waals surface area (Å²) in [6, 6.07) is 6.06. The first-order chi connectivity index (χ1) is 15.0. The first kappa shape index (κ1) is 22.9. The zero-order valence-corrected chi connectivity index (χ0v) is 18.5. The van der Waals surface area contributed by atoms with E-state index in [2.05, 4.69) is 40.7 Å². The van der Waals surface area contributed by atoms with Gasteiger partial charge in [-0.05, 0) is 74.6 Å². The number of aryl methyl sites for hydroxylation is 1. The van der Waals surface area contributed by atoms with Crippen molar-refractivity contribution in [2.45, 2.75) is 46.0 Å². The summed E-state index contributed by atoms with van der Waals surface area (Å²) in [4.78, 5) is 10.8. The van der Waals surface area contributed by atoms with Crippen molar-refractivity contribution in [1.82, 2.24) is 4.98 Å². The van der Waals surface area contributed by atoms with Gasteiger partial charge in [0.1, 0.15) is 11.6 Å². The summed E-state index contributed by atoms with van der Waals surface area (Å²) < 4.78 is 27.2. The van der Waals surface area contributed by atoms with Crippen LogP contribution in [0.2, 0.25) is 0 Å². The molecule has 1 aliphatic heterocycles. The summed E-state index contributed by atoms with van der Waals surface area (Å²) in [7, 11) is 0. The number of rotatable bonds is 8. The molecule has 2 heterocycles. The Morgan fingerprint density at radius 3 is 2.71 bits per heavy atom. The number of aliphatic imine (C=N–C) groups is 1. The van der Waals surface area contributed by atoms with Gasteiger partial charge < -0.3 is 4.90 Å². The minimum absolute atomic E-state index is 0.398. The third-order valence-electron chi connectivity index (χ3n) is 5.85. The van der Waals surface area contributed by atoms with Gasteiger partial charge in [0, 0.05) is 48.5 Å². The lowest BCUT2D eigenvalue weighted by Crippen LogP contribution is -2.35. The van der Waals surface area contributed by atoms with Crippen molar-refractivity contribution < 1.29 is 8.78 Å². The van der Waals surface area contributed by atoms with Crippen LogP contribution >= 0.6 is 0 Å². The van der Waals surface area contributed by atoms with Crippen molar-refractivity contribution in [1.29, 1.82) is 0 Å². The third-order valence-corrected chi connectivity index (χ3v) is 5.85. The van der Waals surface area contributed by atoms with E-state index in [1.165, 1.54) is 17.3 Å². The summed E-state index contributed by atoms with van der Waals surface area (Å²) >= 11 is 0. The van der Waals surface area contributed by atoms with Gasteiger partial charge in [-0.25, -0.2) is 8.78 Å². The Morgan fingerprint density at radius 1 is 1.26 bits per heavy atom. The summed E-state index contributed by atoms with van der Waals surface area (Å²) in [6.45, 7) is 9.50. The average molecular weight is 424 g/mol. The SMILES string of the molecule is C=N/C=C\C=C(/CCC)c1cnc(C)cc1N1CCC(Cc2ccc(F)cc2F)CC1. The van der Waals surface area contributed by atoms with Crippen LogP contribution in [0.5, 0.6) is 0 Å². The second kappa shape index (κ2) is 11.0. The quantitative estimate of drug-likeness (QED) is 0.357. The van der Waals surface area contributed by atoms with Crippen LogP contribution in [-0.2, 0) is 6.42 Å². The number of aromatic nitrogens is 1. The molecule has 5 heteroatoms. The number of piperidine rings is 1. The number of allylic oxidation sites excluding steroid dienone is 3. The van der Waals surface area contributed by atoms with Crippen LogP contribution in [0.1, 0.15) is 49.4 Å². The molecule has 1 saturated heterocycles. The third kappa shape index (κ3) is 6.09. The molecular weight excluding hydrogens is 392 g/mol. The van der Waals surface area contributed by atoms with Gasteiger partial charge in [0.2, 0.25) is 0 Å². The minimum atomic E-state index is -0.522. The van der Waals surface area contributed by atoms with Crippen LogP contribution < -0.4 is 4.90 Å². The molecule has 0 amide bonds. The Kier molecular flexibility index (Phi) is 8.10. The van der Waals surface area contributed by atoms with E-state index in [4.69, 9.17) is 0 Å². The van der Waals surface area contributed by atoms with Crippen LogP contribution in [0.15, 0.2) is 53.8 Å². The number of hydrogen-bond donors (Lipinski definition) is 0. The van der Waals surface area contributed by atoms with E-state index in [9.17, 15) is 8.78 Å². The lowest BCUT2D eigenvalue weighted by Gasteiger charge is -2.35. The maximum absolute atomic E-state index is 14.1. The Morgan fingerprint density at radius 2 is 2.03 bits per heavy atom. The maximum Gasteiger partial charge on any atom is 0.129 e. The fourth-order valence-corrected chi connectivity index (χ4v) is 4.23. The summed E-state index contributed by atoms with van der Waals surface area (Å²) in [5, 5.41) is 0. The lowest BCUT2D eigenvalue weighted by atomic mass is 9.89. The second-order valence-corrected chi connectivity index (χ2v) is 8.18. The molecule has 31 heavy (non-hydrogen) atoms. The first-order valence-electron chi connectivity index (χ1n) is 11.0. The molecule has 1 aromatic heterocycles. The molecule has 0 radical (unpaired) electrons. The van der Waals surface area contributed by atoms with Gasteiger partial charge in [-0.1, -0.05) is 25.5 Å². The van der Waals surface area contributed by atoms with Crippen LogP contribution in [-0.4, -0.2) is 24.8 Å². The van der Waals surface area contributed by atoms with E-state index in [-0.39, 0.29) is 0 Å². The molecule has 0 bridgehead atoms. The van der Waals surface area contributed by atoms with Crippen molar-refractivity contribution in [3.63, 3.8) is 0 Å². The van der Waals surface area contributed by atoms with Gasteiger partial charge in [-0.15, -0.1) is 0 Å². The number of benzene rings is 1.